The predicted octanol–water partition coefficient (Wildman–Crippen LogP) is 2.81. The molecule has 5 heteroatoms. The van der Waals surface area contributed by atoms with Crippen LogP contribution in [-0.4, -0.2) is 24.0 Å². The molecule has 112 valence electrons. The number of hydrogen-bond donors (Lipinski definition) is 1. The first-order chi connectivity index (χ1) is 10.1. The van der Waals surface area contributed by atoms with Crippen LogP contribution in [0.2, 0.25) is 0 Å². The van der Waals surface area contributed by atoms with E-state index in [1.165, 1.54) is 4.88 Å². The molecule has 0 aliphatic heterocycles. The molecule has 1 heterocycles. The topological polar surface area (TPSA) is 51.2 Å². The molecule has 0 fully saturated rings. The molecule has 1 aromatic heterocycles. The Labute approximate surface area is 129 Å². The molecule has 21 heavy (non-hydrogen) atoms. The molecule has 1 aromatic carbocycles. The van der Waals surface area contributed by atoms with Crippen molar-refractivity contribution >= 4 is 17.2 Å². The standard InChI is InChI=1S/C16H20N2O2S/c1-11-6-4-5-7-14(11)20-10-15(19)17-9-8-16-18-12(2)13(3)21-16/h4-7H,8-10H2,1-3H3,(H,17,19). The molecule has 0 atom stereocenters. The first-order valence-electron chi connectivity index (χ1n) is 6.94. The van der Waals surface area contributed by atoms with Gasteiger partial charge in [0, 0.05) is 17.8 Å². The summed E-state index contributed by atoms with van der Waals surface area (Å²) in [6.45, 7) is 6.65. The first-order valence-corrected chi connectivity index (χ1v) is 7.76. The molecule has 1 N–H and O–H groups in total. The van der Waals surface area contributed by atoms with Gasteiger partial charge in [0.2, 0.25) is 0 Å². The minimum Gasteiger partial charge on any atom is -0.484 e. The van der Waals surface area contributed by atoms with E-state index in [1.54, 1.807) is 11.3 Å². The second kappa shape index (κ2) is 7.22. The number of carbonyl (C=O) groups is 1. The van der Waals surface area contributed by atoms with Crippen molar-refractivity contribution < 1.29 is 9.53 Å². The van der Waals surface area contributed by atoms with Crippen molar-refractivity contribution in [3.8, 4) is 5.75 Å². The van der Waals surface area contributed by atoms with Crippen LogP contribution >= 0.6 is 11.3 Å². The summed E-state index contributed by atoms with van der Waals surface area (Å²) in [5.74, 6) is 0.641. The minimum absolute atomic E-state index is 0.0424. The zero-order valence-electron chi connectivity index (χ0n) is 12.6. The van der Waals surface area contributed by atoms with E-state index in [2.05, 4.69) is 17.2 Å². The zero-order chi connectivity index (χ0) is 15.2. The normalized spacial score (nSPS) is 10.4. The average molecular weight is 304 g/mol. The summed E-state index contributed by atoms with van der Waals surface area (Å²) in [6, 6.07) is 7.66. The molecule has 0 spiro atoms. The summed E-state index contributed by atoms with van der Waals surface area (Å²) in [4.78, 5) is 17.4. The highest BCUT2D eigenvalue weighted by Gasteiger charge is 2.06. The molecule has 0 aliphatic carbocycles. The van der Waals surface area contributed by atoms with Gasteiger partial charge in [0.15, 0.2) is 6.61 Å². The van der Waals surface area contributed by atoms with Crippen molar-refractivity contribution in [1.82, 2.24) is 10.3 Å². The van der Waals surface area contributed by atoms with Gasteiger partial charge in [0.1, 0.15) is 5.75 Å². The van der Waals surface area contributed by atoms with Crippen molar-refractivity contribution in [2.24, 2.45) is 0 Å². The fraction of sp³-hybridized carbons (Fsp3) is 0.375. The van der Waals surface area contributed by atoms with Crippen LogP contribution in [0.25, 0.3) is 0 Å². The maximum atomic E-state index is 11.7. The molecule has 4 nitrogen and oxygen atoms in total. The van der Waals surface area contributed by atoms with Gasteiger partial charge in [-0.05, 0) is 32.4 Å². The molecular formula is C16H20N2O2S. The quantitative estimate of drug-likeness (QED) is 0.893. The smallest absolute Gasteiger partial charge is 0.257 e. The molecule has 0 unspecified atom stereocenters. The van der Waals surface area contributed by atoms with E-state index in [-0.39, 0.29) is 12.5 Å². The number of nitrogens with zero attached hydrogens (tertiary/aromatic N) is 1. The van der Waals surface area contributed by atoms with Gasteiger partial charge in [-0.3, -0.25) is 4.79 Å². The van der Waals surface area contributed by atoms with Crippen LogP contribution in [-0.2, 0) is 11.2 Å². The molecule has 1 amide bonds. The van der Waals surface area contributed by atoms with Gasteiger partial charge in [-0.15, -0.1) is 11.3 Å². The predicted molar refractivity (Wildman–Crippen MR) is 85.0 cm³/mol. The van der Waals surface area contributed by atoms with Gasteiger partial charge in [-0.1, -0.05) is 18.2 Å². The molecule has 0 bridgehead atoms. The van der Waals surface area contributed by atoms with Crippen molar-refractivity contribution in [3.05, 3.63) is 45.4 Å². The van der Waals surface area contributed by atoms with E-state index in [0.29, 0.717) is 6.54 Å². The lowest BCUT2D eigenvalue weighted by Crippen LogP contribution is -2.30. The summed E-state index contributed by atoms with van der Waals surface area (Å²) in [7, 11) is 0. The average Bonchev–Trinajstić information content (AvgIpc) is 2.77. The largest absolute Gasteiger partial charge is 0.484 e. The number of hydrogen-bond acceptors (Lipinski definition) is 4. The van der Waals surface area contributed by atoms with Gasteiger partial charge in [0.25, 0.3) is 5.91 Å². The summed E-state index contributed by atoms with van der Waals surface area (Å²) in [5, 5.41) is 3.91. The number of amides is 1. The number of benzene rings is 1. The van der Waals surface area contributed by atoms with E-state index < -0.39 is 0 Å². The second-order valence-electron chi connectivity index (χ2n) is 4.90. The van der Waals surface area contributed by atoms with Crippen LogP contribution < -0.4 is 10.1 Å². The molecule has 0 radical (unpaired) electrons. The maximum Gasteiger partial charge on any atom is 0.257 e. The fourth-order valence-corrected chi connectivity index (χ4v) is 2.80. The van der Waals surface area contributed by atoms with Gasteiger partial charge in [-0.2, -0.15) is 0 Å². The van der Waals surface area contributed by atoms with E-state index >= 15 is 0 Å². The van der Waals surface area contributed by atoms with Crippen molar-refractivity contribution in [2.75, 3.05) is 13.2 Å². The highest BCUT2D eigenvalue weighted by atomic mass is 32.1. The number of thiazole rings is 1. The number of ether oxygens (including phenoxy) is 1. The van der Waals surface area contributed by atoms with Crippen LogP contribution in [0, 0.1) is 20.8 Å². The van der Waals surface area contributed by atoms with Crippen LogP contribution in [0.5, 0.6) is 5.75 Å². The number of rotatable bonds is 6. The Kier molecular flexibility index (Phi) is 5.33. The number of nitrogens with one attached hydrogen (secondary N) is 1. The molecule has 0 saturated heterocycles. The monoisotopic (exact) mass is 304 g/mol. The Bertz CT molecular complexity index is 603. The lowest BCUT2D eigenvalue weighted by Gasteiger charge is -2.08. The third kappa shape index (κ3) is 4.56. The third-order valence-electron chi connectivity index (χ3n) is 3.19. The second-order valence-corrected chi connectivity index (χ2v) is 6.19. The van der Waals surface area contributed by atoms with Crippen molar-refractivity contribution in [3.63, 3.8) is 0 Å². The lowest BCUT2D eigenvalue weighted by molar-refractivity contribution is -0.123. The van der Waals surface area contributed by atoms with Crippen LogP contribution in [0.1, 0.15) is 21.1 Å². The van der Waals surface area contributed by atoms with E-state index in [4.69, 9.17) is 4.74 Å². The summed E-state index contributed by atoms with van der Waals surface area (Å²) in [5.41, 5.74) is 2.10. The molecular weight excluding hydrogens is 284 g/mol. The van der Waals surface area contributed by atoms with Gasteiger partial charge < -0.3 is 10.1 Å². The Balaban J connectivity index is 1.71. The van der Waals surface area contributed by atoms with Crippen molar-refractivity contribution in [1.29, 1.82) is 0 Å². The third-order valence-corrected chi connectivity index (χ3v) is 4.32. The fourth-order valence-electron chi connectivity index (χ4n) is 1.87. The molecule has 0 aliphatic rings. The highest BCUT2D eigenvalue weighted by molar-refractivity contribution is 7.11. The molecule has 2 aromatic rings. The van der Waals surface area contributed by atoms with Gasteiger partial charge in [-0.25, -0.2) is 4.98 Å². The number of aromatic nitrogens is 1. The van der Waals surface area contributed by atoms with E-state index in [9.17, 15) is 4.79 Å². The zero-order valence-corrected chi connectivity index (χ0v) is 13.4. The Morgan fingerprint density at radius 3 is 2.71 bits per heavy atom. The Morgan fingerprint density at radius 1 is 1.29 bits per heavy atom. The lowest BCUT2D eigenvalue weighted by atomic mass is 10.2. The number of para-hydroxylation sites is 1. The maximum absolute atomic E-state index is 11.7. The highest BCUT2D eigenvalue weighted by Crippen LogP contribution is 2.17. The number of aryl methyl sites for hydroxylation is 3. The van der Waals surface area contributed by atoms with E-state index in [0.717, 1.165) is 28.4 Å². The SMILES string of the molecule is Cc1ccccc1OCC(=O)NCCc1nc(C)c(C)s1. The minimum atomic E-state index is -0.108. The van der Waals surface area contributed by atoms with Gasteiger partial charge in [0.05, 0.1) is 10.7 Å². The molecule has 0 saturated carbocycles. The van der Waals surface area contributed by atoms with Crippen molar-refractivity contribution in [2.45, 2.75) is 27.2 Å². The number of carbonyl (C=O) groups excluding carboxylic acids is 1. The Hall–Kier alpha value is -1.88. The first kappa shape index (κ1) is 15.5. The summed E-state index contributed by atoms with van der Waals surface area (Å²) in [6.07, 6.45) is 0.759. The molecule has 2 rings (SSSR count). The summed E-state index contributed by atoms with van der Waals surface area (Å²) < 4.78 is 5.50. The van der Waals surface area contributed by atoms with Crippen LogP contribution in [0.15, 0.2) is 24.3 Å². The Morgan fingerprint density at radius 2 is 2.05 bits per heavy atom. The van der Waals surface area contributed by atoms with Gasteiger partial charge >= 0.3 is 0 Å². The van der Waals surface area contributed by atoms with Crippen LogP contribution in [0.4, 0.5) is 0 Å². The van der Waals surface area contributed by atoms with E-state index in [1.807, 2.05) is 38.1 Å². The van der Waals surface area contributed by atoms with Crippen LogP contribution in [0.3, 0.4) is 0 Å². The summed E-state index contributed by atoms with van der Waals surface area (Å²) >= 11 is 1.68.